The van der Waals surface area contributed by atoms with Gasteiger partial charge in [-0.3, -0.25) is 0 Å². The lowest BCUT2D eigenvalue weighted by Gasteiger charge is -2.22. The number of aliphatic imine (C=N–C) groups is 1. The molecular formula is C14H22IN5O3. The highest BCUT2D eigenvalue weighted by Gasteiger charge is 2.26. The van der Waals surface area contributed by atoms with E-state index in [1.807, 2.05) is 6.92 Å². The van der Waals surface area contributed by atoms with Gasteiger partial charge in [-0.1, -0.05) is 5.16 Å². The first-order valence-corrected chi connectivity index (χ1v) is 7.09. The van der Waals surface area contributed by atoms with E-state index < -0.39 is 5.60 Å². The smallest absolute Gasteiger partial charge is 0.248 e. The number of aromatic nitrogens is 2. The van der Waals surface area contributed by atoms with Gasteiger partial charge in [0, 0.05) is 6.54 Å². The summed E-state index contributed by atoms with van der Waals surface area (Å²) in [6.45, 7) is 6.58. The minimum absolute atomic E-state index is 0. The maximum Gasteiger partial charge on any atom is 0.248 e. The van der Waals surface area contributed by atoms with E-state index in [1.165, 1.54) is 6.26 Å². The zero-order chi connectivity index (χ0) is 16.0. The number of aryl methyl sites for hydroxylation is 1. The topological polar surface area (TPSA) is 109 Å². The van der Waals surface area contributed by atoms with Crippen molar-refractivity contribution in [3.63, 3.8) is 0 Å². The van der Waals surface area contributed by atoms with Gasteiger partial charge in [-0.25, -0.2) is 4.99 Å². The van der Waals surface area contributed by atoms with Crippen molar-refractivity contribution in [2.45, 2.75) is 32.9 Å². The molecule has 0 radical (unpaired) electrons. The first kappa shape index (κ1) is 19.4. The molecule has 2 heterocycles. The van der Waals surface area contributed by atoms with E-state index in [-0.39, 0.29) is 37.1 Å². The highest BCUT2D eigenvalue weighted by Crippen LogP contribution is 2.19. The molecule has 0 amide bonds. The van der Waals surface area contributed by atoms with Crippen LogP contribution in [0.3, 0.4) is 0 Å². The van der Waals surface area contributed by atoms with Crippen LogP contribution in [0.5, 0.6) is 0 Å². The van der Waals surface area contributed by atoms with Crippen molar-refractivity contribution in [2.24, 2.45) is 4.99 Å². The van der Waals surface area contributed by atoms with Crippen LogP contribution in [0.2, 0.25) is 0 Å². The number of aliphatic hydroxyl groups is 1. The van der Waals surface area contributed by atoms with Crippen molar-refractivity contribution in [3.8, 4) is 0 Å². The summed E-state index contributed by atoms with van der Waals surface area (Å²) < 4.78 is 10.2. The summed E-state index contributed by atoms with van der Waals surface area (Å²) in [4.78, 5) is 8.43. The van der Waals surface area contributed by atoms with Gasteiger partial charge in [-0.15, -0.1) is 24.0 Å². The van der Waals surface area contributed by atoms with Gasteiger partial charge < -0.3 is 24.7 Å². The summed E-state index contributed by atoms with van der Waals surface area (Å²) in [6, 6.07) is 3.47. The van der Waals surface area contributed by atoms with Crippen molar-refractivity contribution in [3.05, 3.63) is 35.9 Å². The summed E-state index contributed by atoms with van der Waals surface area (Å²) in [7, 11) is 0. The lowest BCUT2D eigenvalue weighted by Crippen LogP contribution is -2.44. The van der Waals surface area contributed by atoms with Crippen LogP contribution in [0.1, 0.15) is 31.3 Å². The van der Waals surface area contributed by atoms with E-state index in [0.29, 0.717) is 30.0 Å². The second kappa shape index (κ2) is 8.87. The molecule has 1 unspecified atom stereocenters. The van der Waals surface area contributed by atoms with Crippen LogP contribution < -0.4 is 10.6 Å². The van der Waals surface area contributed by atoms with Gasteiger partial charge in [0.15, 0.2) is 11.8 Å². The molecule has 1 atom stereocenters. The third kappa shape index (κ3) is 5.82. The molecule has 2 aromatic heterocycles. The van der Waals surface area contributed by atoms with Crippen molar-refractivity contribution < 1.29 is 14.0 Å². The summed E-state index contributed by atoms with van der Waals surface area (Å²) in [6.07, 6.45) is 1.53. The number of hydrogen-bond acceptors (Lipinski definition) is 6. The maximum absolute atomic E-state index is 10.4. The zero-order valence-electron chi connectivity index (χ0n) is 13.4. The zero-order valence-corrected chi connectivity index (χ0v) is 15.7. The van der Waals surface area contributed by atoms with Gasteiger partial charge in [0.25, 0.3) is 0 Å². The Labute approximate surface area is 151 Å². The van der Waals surface area contributed by atoms with E-state index in [4.69, 9.17) is 8.94 Å². The predicted molar refractivity (Wildman–Crippen MR) is 95.5 cm³/mol. The predicted octanol–water partition coefficient (Wildman–Crippen LogP) is 1.55. The lowest BCUT2D eigenvalue weighted by atomic mass is 10.0. The maximum atomic E-state index is 10.4. The van der Waals surface area contributed by atoms with Crippen molar-refractivity contribution >= 4 is 29.9 Å². The van der Waals surface area contributed by atoms with Crippen LogP contribution >= 0.6 is 24.0 Å². The molecule has 2 aromatic rings. The molecule has 0 fully saturated rings. The molecule has 0 saturated heterocycles. The Morgan fingerprint density at radius 3 is 2.78 bits per heavy atom. The Morgan fingerprint density at radius 2 is 2.22 bits per heavy atom. The second-order valence-corrected chi connectivity index (χ2v) is 5.04. The first-order valence-electron chi connectivity index (χ1n) is 7.09. The molecule has 0 aromatic carbocycles. The molecule has 2 rings (SSSR count). The normalized spacial score (nSPS) is 14.0. The Kier molecular flexibility index (Phi) is 7.49. The summed E-state index contributed by atoms with van der Waals surface area (Å²) >= 11 is 0. The molecular weight excluding hydrogens is 413 g/mol. The number of rotatable bonds is 6. The fraction of sp³-hybridized carbons (Fsp3) is 0.500. The molecule has 8 nitrogen and oxygen atoms in total. The van der Waals surface area contributed by atoms with Crippen LogP contribution in [-0.4, -0.2) is 34.3 Å². The minimum atomic E-state index is -1.14. The highest BCUT2D eigenvalue weighted by atomic mass is 127. The van der Waals surface area contributed by atoms with E-state index in [9.17, 15) is 5.11 Å². The minimum Gasteiger partial charge on any atom is -0.466 e. The van der Waals surface area contributed by atoms with Gasteiger partial charge in [-0.05, 0) is 32.9 Å². The molecule has 0 aliphatic rings. The quantitative estimate of drug-likeness (QED) is 0.359. The molecule has 0 aliphatic carbocycles. The van der Waals surface area contributed by atoms with E-state index in [2.05, 4.69) is 25.8 Å². The molecule has 0 saturated carbocycles. The molecule has 3 N–H and O–H groups in total. The third-order valence-corrected chi connectivity index (χ3v) is 2.94. The molecule has 0 bridgehead atoms. The van der Waals surface area contributed by atoms with Crippen molar-refractivity contribution in [1.82, 2.24) is 20.8 Å². The Hall–Kier alpha value is -1.62. The number of halogens is 1. The standard InChI is InChI=1S/C14H21N5O3.HI/c1-4-15-13(16-8-12-18-10(2)19-22-12)17-9-14(3,20)11-6-5-7-21-11;/h5-7,20H,4,8-9H2,1-3H3,(H2,15,16,17);1H. The molecule has 9 heteroatoms. The number of furan rings is 1. The molecule has 0 aliphatic heterocycles. The van der Waals surface area contributed by atoms with Gasteiger partial charge in [-0.2, -0.15) is 4.98 Å². The second-order valence-electron chi connectivity index (χ2n) is 5.04. The van der Waals surface area contributed by atoms with Crippen LogP contribution in [0, 0.1) is 6.92 Å². The molecule has 23 heavy (non-hydrogen) atoms. The van der Waals surface area contributed by atoms with Crippen LogP contribution in [-0.2, 0) is 12.1 Å². The summed E-state index contributed by atoms with van der Waals surface area (Å²) in [5, 5.41) is 20.3. The van der Waals surface area contributed by atoms with Crippen molar-refractivity contribution in [1.29, 1.82) is 0 Å². The first-order chi connectivity index (χ1) is 10.5. The average Bonchev–Trinajstić information content (AvgIpc) is 3.13. The number of nitrogens with zero attached hydrogens (tertiary/aromatic N) is 3. The van der Waals surface area contributed by atoms with Crippen LogP contribution in [0.15, 0.2) is 32.3 Å². The highest BCUT2D eigenvalue weighted by molar-refractivity contribution is 14.0. The number of nitrogens with one attached hydrogen (secondary N) is 2. The van der Waals surface area contributed by atoms with Gasteiger partial charge in [0.05, 0.1) is 12.8 Å². The lowest BCUT2D eigenvalue weighted by molar-refractivity contribution is 0.0386. The summed E-state index contributed by atoms with van der Waals surface area (Å²) in [5.41, 5.74) is -1.14. The largest absolute Gasteiger partial charge is 0.466 e. The third-order valence-electron chi connectivity index (χ3n) is 2.94. The van der Waals surface area contributed by atoms with E-state index >= 15 is 0 Å². The van der Waals surface area contributed by atoms with Gasteiger partial charge in [0.1, 0.15) is 17.9 Å². The SMILES string of the molecule is CCNC(=NCc1nc(C)no1)NCC(C)(O)c1ccco1.I. The molecule has 128 valence electrons. The average molecular weight is 435 g/mol. The van der Waals surface area contributed by atoms with Crippen LogP contribution in [0.4, 0.5) is 0 Å². The van der Waals surface area contributed by atoms with Gasteiger partial charge in [0.2, 0.25) is 5.89 Å². The molecule has 0 spiro atoms. The Bertz CT molecular complexity index is 610. The van der Waals surface area contributed by atoms with E-state index in [0.717, 1.165) is 0 Å². The fourth-order valence-corrected chi connectivity index (χ4v) is 1.82. The Morgan fingerprint density at radius 1 is 1.43 bits per heavy atom. The summed E-state index contributed by atoms with van der Waals surface area (Å²) in [5.74, 6) is 2.05. The fourth-order valence-electron chi connectivity index (χ4n) is 1.82. The van der Waals surface area contributed by atoms with Gasteiger partial charge >= 0.3 is 0 Å². The Balaban J connectivity index is 0.00000264. The number of guanidine groups is 1. The van der Waals surface area contributed by atoms with E-state index in [1.54, 1.807) is 26.0 Å². The monoisotopic (exact) mass is 435 g/mol. The number of hydrogen-bond donors (Lipinski definition) is 3. The van der Waals surface area contributed by atoms with Crippen LogP contribution in [0.25, 0.3) is 0 Å². The van der Waals surface area contributed by atoms with Crippen molar-refractivity contribution in [2.75, 3.05) is 13.1 Å².